The summed E-state index contributed by atoms with van der Waals surface area (Å²) in [6, 6.07) is 54.0. The predicted molar refractivity (Wildman–Crippen MR) is 272 cm³/mol. The Kier molecular flexibility index (Phi) is 24.9. The average molecular weight is 1000 g/mol. The Bertz CT molecular complexity index is 2640. The number of fused-ring (bicyclic) bond motifs is 4. The van der Waals surface area contributed by atoms with Crippen LogP contribution in [0.2, 0.25) is 0 Å². The quantitative estimate of drug-likeness (QED) is 0.0765. The topological polar surface area (TPSA) is 199 Å². The molecule has 0 aliphatic carbocycles. The zero-order valence-corrected chi connectivity index (χ0v) is 42.6. The molecule has 0 saturated carbocycles. The minimum atomic E-state index is -1.41. The van der Waals surface area contributed by atoms with E-state index in [2.05, 4.69) is 0 Å². The molecule has 9 aromatic rings. The molecule has 0 spiro atoms. The summed E-state index contributed by atoms with van der Waals surface area (Å²) >= 11 is 0. The number of carbonyl (C=O) groups is 1. The minimum absolute atomic E-state index is 0. The standard InChI is InChI=1S/2C20H14O2.C8H8O3.3C3H8O.2Ti/c2*21-17-11-9-13-5-1-3-7-15(13)19(17)20-16-8-4-2-6-14(16)10-12-18(20)22;9-7(8(10)11)6-4-2-1-3-5-6;3*1-3(2)4;;/h2*1-12,21-22H;1-5,7,9H,(H,10,11);3*3-4H,1-2H3;;/t;;7-;;;;;/m..1...../s1. The first-order chi connectivity index (χ1) is 31.9. The van der Waals surface area contributed by atoms with Crippen molar-refractivity contribution in [3.05, 3.63) is 181 Å². The monoisotopic (exact) mass is 1000 g/mol. The molecule has 0 amide bonds. The second-order valence-corrected chi connectivity index (χ2v) is 16.2. The van der Waals surface area contributed by atoms with Crippen molar-refractivity contribution < 1.29 is 94.2 Å². The summed E-state index contributed by atoms with van der Waals surface area (Å²) in [5.74, 6) is -0.539. The molecule has 9 aromatic carbocycles. The summed E-state index contributed by atoms with van der Waals surface area (Å²) in [7, 11) is 0. The van der Waals surface area contributed by atoms with E-state index >= 15 is 0 Å². The molecule has 0 fully saturated rings. The zero-order chi connectivity index (χ0) is 49.2. The summed E-state index contributed by atoms with van der Waals surface area (Å²) < 4.78 is 0. The van der Waals surface area contributed by atoms with Crippen LogP contribution in [0.5, 0.6) is 23.0 Å². The van der Waals surface area contributed by atoms with E-state index in [1.165, 1.54) is 0 Å². The zero-order valence-electron chi connectivity index (χ0n) is 39.5. The van der Waals surface area contributed by atoms with Crippen LogP contribution in [-0.2, 0) is 48.2 Å². The van der Waals surface area contributed by atoms with Gasteiger partial charge in [0.05, 0.1) is 0 Å². The number of carboxylic acid groups (broad SMARTS) is 1. The molecule has 10 nitrogen and oxygen atoms in total. The Morgan fingerprint density at radius 2 is 0.536 bits per heavy atom. The third-order valence-corrected chi connectivity index (χ3v) is 9.48. The van der Waals surface area contributed by atoms with Crippen molar-refractivity contribution in [2.45, 2.75) is 66.0 Å². The molecule has 0 radical (unpaired) electrons. The molecule has 9 N–H and O–H groups in total. The molecule has 0 aliphatic rings. The fourth-order valence-electron chi connectivity index (χ4n) is 6.87. The van der Waals surface area contributed by atoms with Crippen LogP contribution in [0.15, 0.2) is 176 Å². The summed E-state index contributed by atoms with van der Waals surface area (Å²) in [6.07, 6.45) is -1.91. The van der Waals surface area contributed by atoms with Crippen LogP contribution in [0.25, 0.3) is 65.3 Å². The smallest absolute Gasteiger partial charge is 0.337 e. The van der Waals surface area contributed by atoms with Crippen LogP contribution in [0, 0.1) is 0 Å². The van der Waals surface area contributed by atoms with Crippen LogP contribution in [0.4, 0.5) is 0 Å². The maximum Gasteiger partial charge on any atom is 0.337 e. The van der Waals surface area contributed by atoms with Crippen molar-refractivity contribution in [2.24, 2.45) is 0 Å². The summed E-state index contributed by atoms with van der Waals surface area (Å²) in [6.45, 7) is 10.3. The molecule has 0 aliphatic heterocycles. The van der Waals surface area contributed by atoms with Crippen molar-refractivity contribution in [1.29, 1.82) is 0 Å². The maximum absolute atomic E-state index is 10.4. The third kappa shape index (κ3) is 17.2. The summed E-state index contributed by atoms with van der Waals surface area (Å²) in [5, 5.41) is 91.1. The number of hydrogen-bond acceptors (Lipinski definition) is 9. The van der Waals surface area contributed by atoms with Crippen LogP contribution < -0.4 is 0 Å². The van der Waals surface area contributed by atoms with Crippen molar-refractivity contribution in [1.82, 2.24) is 0 Å². The van der Waals surface area contributed by atoms with Gasteiger partial charge in [0.25, 0.3) is 0 Å². The molecule has 9 rings (SSSR count). The Morgan fingerprint density at radius 3 is 0.754 bits per heavy atom. The van der Waals surface area contributed by atoms with E-state index in [4.69, 9.17) is 25.5 Å². The predicted octanol–water partition coefficient (Wildman–Crippen LogP) is 12.1. The maximum atomic E-state index is 10.4. The fraction of sp³-hybridized carbons (Fsp3) is 0.175. The van der Waals surface area contributed by atoms with E-state index in [0.717, 1.165) is 43.1 Å². The number of phenolic OH excluding ortho intramolecular Hbond substituents is 4. The van der Waals surface area contributed by atoms with Crippen LogP contribution in [-0.4, -0.2) is 70.2 Å². The van der Waals surface area contributed by atoms with Gasteiger partial charge in [-0.15, -0.1) is 0 Å². The minimum Gasteiger partial charge on any atom is -0.507 e. The van der Waals surface area contributed by atoms with Gasteiger partial charge in [-0.05, 0) is 114 Å². The van der Waals surface area contributed by atoms with E-state index < -0.39 is 12.1 Å². The molecule has 1 atom stereocenters. The van der Waals surface area contributed by atoms with E-state index in [0.29, 0.717) is 27.8 Å². The number of rotatable bonds is 4. The number of benzene rings is 9. The van der Waals surface area contributed by atoms with Gasteiger partial charge in [-0.2, -0.15) is 0 Å². The van der Waals surface area contributed by atoms with Gasteiger partial charge in [-0.1, -0.05) is 152 Å². The van der Waals surface area contributed by atoms with E-state index in [1.807, 2.05) is 121 Å². The van der Waals surface area contributed by atoms with Gasteiger partial charge in [0, 0.05) is 84.0 Å². The molecule has 0 unspecified atom stereocenters. The summed E-state index contributed by atoms with van der Waals surface area (Å²) in [5.41, 5.74) is 3.10. The van der Waals surface area contributed by atoms with Crippen LogP contribution >= 0.6 is 0 Å². The molecule has 356 valence electrons. The molecule has 0 heterocycles. The van der Waals surface area contributed by atoms with E-state index in [1.54, 1.807) is 96.1 Å². The Balaban J connectivity index is 0.000000325. The molecule has 69 heavy (non-hydrogen) atoms. The molecule has 12 heteroatoms. The van der Waals surface area contributed by atoms with Crippen molar-refractivity contribution in [2.75, 3.05) is 0 Å². The molecular formula is C57H60O10Ti2. The van der Waals surface area contributed by atoms with Crippen molar-refractivity contribution in [3.8, 4) is 45.3 Å². The van der Waals surface area contributed by atoms with Gasteiger partial charge in [-0.25, -0.2) is 4.79 Å². The summed E-state index contributed by atoms with van der Waals surface area (Å²) in [4.78, 5) is 10.2. The van der Waals surface area contributed by atoms with E-state index in [-0.39, 0.29) is 84.7 Å². The first kappa shape index (κ1) is 59.1. The average Bonchev–Trinajstić information content (AvgIpc) is 3.29. The first-order valence-electron chi connectivity index (χ1n) is 21.8. The Hall–Kier alpha value is -6.04. The van der Waals surface area contributed by atoms with Crippen LogP contribution in [0.3, 0.4) is 0 Å². The van der Waals surface area contributed by atoms with Gasteiger partial charge in [0.15, 0.2) is 6.10 Å². The van der Waals surface area contributed by atoms with Crippen LogP contribution in [0.1, 0.15) is 53.2 Å². The number of aliphatic hydroxyl groups is 4. The second-order valence-electron chi connectivity index (χ2n) is 16.2. The fourth-order valence-corrected chi connectivity index (χ4v) is 6.87. The molecule has 0 bridgehead atoms. The Morgan fingerprint density at radius 1 is 0.333 bits per heavy atom. The van der Waals surface area contributed by atoms with Gasteiger partial charge in [0.2, 0.25) is 0 Å². The van der Waals surface area contributed by atoms with Crippen molar-refractivity contribution >= 4 is 49.1 Å². The number of phenols is 4. The molecule has 0 aromatic heterocycles. The Labute approximate surface area is 433 Å². The van der Waals surface area contributed by atoms with Gasteiger partial charge in [0.1, 0.15) is 23.0 Å². The number of carboxylic acids is 1. The van der Waals surface area contributed by atoms with Gasteiger partial charge in [-0.3, -0.25) is 0 Å². The SMILES string of the molecule is CC(C)O.CC(C)O.CC(C)O.O=C(O)[C@H](O)c1ccccc1.Oc1ccc2ccccc2c1-c1c(O)ccc2ccccc12.Oc1ccc2ccccc2c1-c1c(O)ccc2ccccc12.[Ti].[Ti]. The number of hydrogen-bond donors (Lipinski definition) is 9. The molecular weight excluding hydrogens is 940 g/mol. The largest absolute Gasteiger partial charge is 0.507 e. The first-order valence-corrected chi connectivity index (χ1v) is 21.8. The third-order valence-electron chi connectivity index (χ3n) is 9.48. The number of aromatic hydroxyl groups is 4. The van der Waals surface area contributed by atoms with Crippen molar-refractivity contribution in [3.63, 3.8) is 0 Å². The van der Waals surface area contributed by atoms with Gasteiger partial charge < -0.3 is 46.0 Å². The van der Waals surface area contributed by atoms with Gasteiger partial charge >= 0.3 is 5.97 Å². The number of aliphatic carboxylic acids is 1. The normalized spacial score (nSPS) is 10.6. The number of aliphatic hydroxyl groups excluding tert-OH is 4. The van der Waals surface area contributed by atoms with E-state index in [9.17, 15) is 25.2 Å². The molecule has 0 saturated heterocycles. The second kappa shape index (κ2) is 29.1.